The van der Waals surface area contributed by atoms with Gasteiger partial charge in [0, 0.05) is 35.6 Å². The zero-order valence-corrected chi connectivity index (χ0v) is 18.8. The zero-order valence-electron chi connectivity index (χ0n) is 18.0. The van der Waals surface area contributed by atoms with Crippen LogP contribution >= 0.6 is 11.3 Å². The predicted octanol–water partition coefficient (Wildman–Crippen LogP) is 5.42. The van der Waals surface area contributed by atoms with Gasteiger partial charge in [-0.05, 0) is 75.6 Å². The Hall–Kier alpha value is -2.34. The Labute approximate surface area is 182 Å². The molecule has 2 amide bonds. The van der Waals surface area contributed by atoms with Gasteiger partial charge in [-0.3, -0.25) is 4.79 Å². The van der Waals surface area contributed by atoms with Gasteiger partial charge in [0.1, 0.15) is 5.60 Å². The predicted molar refractivity (Wildman–Crippen MR) is 120 cm³/mol. The van der Waals surface area contributed by atoms with E-state index < -0.39 is 5.60 Å². The number of piperidine rings is 1. The largest absolute Gasteiger partial charge is 0.444 e. The number of hydrogen-bond acceptors (Lipinski definition) is 4. The summed E-state index contributed by atoms with van der Waals surface area (Å²) in [6.45, 7) is 6.92. The maximum atomic E-state index is 13.3. The number of hydrogen-bond donors (Lipinski definition) is 0. The number of likely N-dealkylation sites (tertiary alicyclic amines) is 1. The molecular formula is C24H30N2O3S. The average Bonchev–Trinajstić information content (AvgIpc) is 3.39. The highest BCUT2D eigenvalue weighted by Gasteiger charge is 2.39. The van der Waals surface area contributed by atoms with Gasteiger partial charge < -0.3 is 14.5 Å². The number of amides is 2. The van der Waals surface area contributed by atoms with E-state index in [-0.39, 0.29) is 18.0 Å². The monoisotopic (exact) mass is 426 g/mol. The summed E-state index contributed by atoms with van der Waals surface area (Å²) < 4.78 is 5.50. The quantitative estimate of drug-likeness (QED) is 0.656. The normalized spacial score (nSPS) is 17.6. The van der Waals surface area contributed by atoms with Crippen LogP contribution in [-0.4, -0.2) is 52.6 Å². The van der Waals surface area contributed by atoms with Crippen LogP contribution in [-0.2, 0) is 4.74 Å². The van der Waals surface area contributed by atoms with E-state index in [0.29, 0.717) is 19.1 Å². The molecule has 5 nitrogen and oxygen atoms in total. The van der Waals surface area contributed by atoms with Crippen LogP contribution in [0.4, 0.5) is 4.79 Å². The molecule has 1 aromatic heterocycles. The average molecular weight is 427 g/mol. The molecule has 0 atom stereocenters. The maximum absolute atomic E-state index is 13.3. The number of carbonyl (C=O) groups excluding carboxylic acids is 2. The lowest BCUT2D eigenvalue weighted by atomic mass is 10.0. The molecule has 1 saturated heterocycles. The second-order valence-electron chi connectivity index (χ2n) is 9.20. The molecule has 1 saturated carbocycles. The molecule has 0 bridgehead atoms. The van der Waals surface area contributed by atoms with Crippen molar-refractivity contribution in [2.24, 2.45) is 0 Å². The fourth-order valence-corrected chi connectivity index (χ4v) is 4.74. The first-order chi connectivity index (χ1) is 14.3. The number of thiophene rings is 1. The molecule has 0 radical (unpaired) electrons. The summed E-state index contributed by atoms with van der Waals surface area (Å²) in [5.74, 6) is 0.117. The summed E-state index contributed by atoms with van der Waals surface area (Å²) in [7, 11) is 0. The molecule has 1 aliphatic carbocycles. The van der Waals surface area contributed by atoms with Gasteiger partial charge in [0.15, 0.2) is 0 Å². The van der Waals surface area contributed by atoms with Crippen LogP contribution in [0.2, 0.25) is 0 Å². The molecule has 0 N–H and O–H groups in total. The van der Waals surface area contributed by atoms with Gasteiger partial charge in [-0.25, -0.2) is 4.79 Å². The minimum Gasteiger partial charge on any atom is -0.444 e. The Bertz CT molecular complexity index is 874. The van der Waals surface area contributed by atoms with E-state index in [1.807, 2.05) is 51.1 Å². The number of carbonyl (C=O) groups is 2. The Kier molecular flexibility index (Phi) is 5.87. The SMILES string of the molecule is CC(C)(C)OC(=O)N1CCC(N(C(=O)c2ccc(-c3cccs3)cc2)C2CC2)CC1. The van der Waals surface area contributed by atoms with Gasteiger partial charge in [-0.1, -0.05) is 18.2 Å². The third-order valence-corrected chi connectivity index (χ3v) is 6.54. The summed E-state index contributed by atoms with van der Waals surface area (Å²) >= 11 is 1.70. The Balaban J connectivity index is 1.41. The van der Waals surface area contributed by atoms with Crippen LogP contribution in [0.1, 0.15) is 56.8 Å². The van der Waals surface area contributed by atoms with E-state index in [9.17, 15) is 9.59 Å². The Morgan fingerprint density at radius 1 is 1.00 bits per heavy atom. The third kappa shape index (κ3) is 4.86. The van der Waals surface area contributed by atoms with Gasteiger partial charge in [-0.15, -0.1) is 11.3 Å². The van der Waals surface area contributed by atoms with Crippen LogP contribution in [0.25, 0.3) is 10.4 Å². The van der Waals surface area contributed by atoms with E-state index in [1.54, 1.807) is 16.2 Å². The highest BCUT2D eigenvalue weighted by Crippen LogP contribution is 2.34. The van der Waals surface area contributed by atoms with Crippen molar-refractivity contribution in [1.82, 2.24) is 9.80 Å². The van der Waals surface area contributed by atoms with Crippen molar-refractivity contribution in [1.29, 1.82) is 0 Å². The Morgan fingerprint density at radius 3 is 2.17 bits per heavy atom. The van der Waals surface area contributed by atoms with Crippen molar-refractivity contribution < 1.29 is 14.3 Å². The zero-order chi connectivity index (χ0) is 21.3. The maximum Gasteiger partial charge on any atom is 0.410 e. The van der Waals surface area contributed by atoms with E-state index in [1.165, 1.54) is 4.88 Å². The molecule has 160 valence electrons. The van der Waals surface area contributed by atoms with Crippen molar-refractivity contribution in [2.45, 2.75) is 64.1 Å². The van der Waals surface area contributed by atoms with Crippen molar-refractivity contribution in [2.75, 3.05) is 13.1 Å². The highest BCUT2D eigenvalue weighted by atomic mass is 32.1. The minimum atomic E-state index is -0.487. The molecule has 2 heterocycles. The highest BCUT2D eigenvalue weighted by molar-refractivity contribution is 7.13. The van der Waals surface area contributed by atoms with Crippen LogP contribution in [0.5, 0.6) is 0 Å². The summed E-state index contributed by atoms with van der Waals surface area (Å²) in [5, 5.41) is 2.06. The molecule has 6 heteroatoms. The van der Waals surface area contributed by atoms with E-state index in [0.717, 1.165) is 36.8 Å². The summed E-state index contributed by atoms with van der Waals surface area (Å²) in [6.07, 6.45) is 3.49. The molecule has 4 rings (SSSR count). The molecule has 2 fully saturated rings. The molecule has 0 spiro atoms. The Morgan fingerprint density at radius 2 is 1.63 bits per heavy atom. The number of ether oxygens (including phenoxy) is 1. The number of rotatable bonds is 4. The lowest BCUT2D eigenvalue weighted by Crippen LogP contribution is -2.50. The molecular weight excluding hydrogens is 396 g/mol. The van der Waals surface area contributed by atoms with Crippen LogP contribution in [0, 0.1) is 0 Å². The van der Waals surface area contributed by atoms with Crippen LogP contribution in [0.3, 0.4) is 0 Å². The lowest BCUT2D eigenvalue weighted by molar-refractivity contribution is 0.0142. The van der Waals surface area contributed by atoms with Gasteiger partial charge >= 0.3 is 6.09 Å². The summed E-state index contributed by atoms with van der Waals surface area (Å²) in [5.41, 5.74) is 1.40. The fraction of sp³-hybridized carbons (Fsp3) is 0.500. The standard InChI is InChI=1S/C24H30N2O3S/c1-24(2,3)29-23(28)25-14-12-20(13-15-25)26(19-10-11-19)22(27)18-8-6-17(7-9-18)21-5-4-16-30-21/h4-9,16,19-20H,10-15H2,1-3H3. The van der Waals surface area contributed by atoms with Crippen molar-refractivity contribution >= 4 is 23.3 Å². The second-order valence-corrected chi connectivity index (χ2v) is 10.1. The van der Waals surface area contributed by atoms with Crippen LogP contribution < -0.4 is 0 Å². The second kappa shape index (κ2) is 8.42. The van der Waals surface area contributed by atoms with Crippen molar-refractivity contribution in [3.8, 4) is 10.4 Å². The number of benzene rings is 1. The molecule has 1 aromatic carbocycles. The van der Waals surface area contributed by atoms with E-state index >= 15 is 0 Å². The topological polar surface area (TPSA) is 49.9 Å². The fourth-order valence-electron chi connectivity index (χ4n) is 4.00. The first kappa shape index (κ1) is 20.9. The first-order valence-corrected chi connectivity index (χ1v) is 11.6. The van der Waals surface area contributed by atoms with Gasteiger partial charge in [0.05, 0.1) is 0 Å². The van der Waals surface area contributed by atoms with Gasteiger partial charge in [-0.2, -0.15) is 0 Å². The molecule has 2 aromatic rings. The molecule has 0 unspecified atom stereocenters. The van der Waals surface area contributed by atoms with E-state index in [4.69, 9.17) is 4.74 Å². The third-order valence-electron chi connectivity index (χ3n) is 5.62. The molecule has 1 aliphatic heterocycles. The summed E-state index contributed by atoms with van der Waals surface area (Å²) in [4.78, 5) is 30.8. The lowest BCUT2D eigenvalue weighted by Gasteiger charge is -2.39. The number of nitrogens with zero attached hydrogens (tertiary/aromatic N) is 2. The van der Waals surface area contributed by atoms with Crippen molar-refractivity contribution in [3.63, 3.8) is 0 Å². The van der Waals surface area contributed by atoms with Crippen LogP contribution in [0.15, 0.2) is 41.8 Å². The van der Waals surface area contributed by atoms with E-state index in [2.05, 4.69) is 16.3 Å². The van der Waals surface area contributed by atoms with Gasteiger partial charge in [0.25, 0.3) is 5.91 Å². The minimum absolute atomic E-state index is 0.117. The molecule has 30 heavy (non-hydrogen) atoms. The smallest absolute Gasteiger partial charge is 0.410 e. The first-order valence-electron chi connectivity index (χ1n) is 10.8. The van der Waals surface area contributed by atoms with Crippen molar-refractivity contribution in [3.05, 3.63) is 47.3 Å². The van der Waals surface area contributed by atoms with Gasteiger partial charge in [0.2, 0.25) is 0 Å². The molecule has 2 aliphatic rings. The summed E-state index contributed by atoms with van der Waals surface area (Å²) in [6, 6.07) is 12.6.